The standard InChI is InChI=1S/C37H43N3O5S/c1-4-6-26-38-37(42)35(5-2)39(27-25-30-13-9-7-10-14-30)36(41)28-40(46(43,44)34-23-17-29(3)18-24-34)31-19-21-33(22-20-31)45-32-15-11-8-12-16-32/h7-24,35H,4-6,25-28H2,1-3H3,(H,38,42)/t35-/m1/s1. The Hall–Kier alpha value is -4.63. The first-order valence-corrected chi connectivity index (χ1v) is 17.2. The highest BCUT2D eigenvalue weighted by Crippen LogP contribution is 2.28. The Morgan fingerprint density at radius 2 is 1.41 bits per heavy atom. The molecule has 0 fully saturated rings. The fraction of sp³-hybridized carbons (Fsp3) is 0.297. The smallest absolute Gasteiger partial charge is 0.264 e. The average molecular weight is 642 g/mol. The number of benzene rings is 4. The molecule has 2 amide bonds. The molecule has 46 heavy (non-hydrogen) atoms. The Balaban J connectivity index is 1.67. The van der Waals surface area contributed by atoms with Gasteiger partial charge in [0.25, 0.3) is 10.0 Å². The highest BCUT2D eigenvalue weighted by atomic mass is 32.2. The summed E-state index contributed by atoms with van der Waals surface area (Å²) in [5.41, 5.74) is 2.23. The summed E-state index contributed by atoms with van der Waals surface area (Å²) in [5.74, 6) is 0.459. The van der Waals surface area contributed by atoms with Gasteiger partial charge in [0.1, 0.15) is 24.1 Å². The number of sulfonamides is 1. The van der Waals surface area contributed by atoms with E-state index in [9.17, 15) is 18.0 Å². The molecule has 8 nitrogen and oxygen atoms in total. The summed E-state index contributed by atoms with van der Waals surface area (Å²) in [6.45, 7) is 6.07. The van der Waals surface area contributed by atoms with Crippen LogP contribution in [-0.2, 0) is 26.0 Å². The molecule has 0 aromatic heterocycles. The molecule has 242 valence electrons. The highest BCUT2D eigenvalue weighted by Gasteiger charge is 2.33. The van der Waals surface area contributed by atoms with E-state index in [4.69, 9.17) is 4.74 Å². The molecule has 0 aliphatic carbocycles. The number of hydrogen-bond acceptors (Lipinski definition) is 5. The summed E-state index contributed by atoms with van der Waals surface area (Å²) < 4.78 is 35.3. The van der Waals surface area contributed by atoms with Crippen LogP contribution in [0.1, 0.15) is 44.2 Å². The normalized spacial score (nSPS) is 11.8. The number of ether oxygens (including phenoxy) is 1. The van der Waals surface area contributed by atoms with Crippen LogP contribution in [-0.4, -0.2) is 50.8 Å². The Morgan fingerprint density at radius 3 is 2.02 bits per heavy atom. The Morgan fingerprint density at radius 1 is 0.804 bits per heavy atom. The number of carbonyl (C=O) groups excluding carboxylic acids is 2. The number of anilines is 1. The zero-order chi connectivity index (χ0) is 32.9. The lowest BCUT2D eigenvalue weighted by Gasteiger charge is -2.33. The molecule has 0 bridgehead atoms. The molecule has 0 heterocycles. The molecular weight excluding hydrogens is 598 g/mol. The summed E-state index contributed by atoms with van der Waals surface area (Å²) in [4.78, 5) is 29.2. The van der Waals surface area contributed by atoms with Gasteiger partial charge in [-0.2, -0.15) is 0 Å². The van der Waals surface area contributed by atoms with Crippen molar-refractivity contribution in [1.82, 2.24) is 10.2 Å². The van der Waals surface area contributed by atoms with Crippen LogP contribution in [0.15, 0.2) is 114 Å². The van der Waals surface area contributed by atoms with E-state index >= 15 is 0 Å². The zero-order valence-electron chi connectivity index (χ0n) is 26.8. The van der Waals surface area contributed by atoms with Crippen LogP contribution in [0.2, 0.25) is 0 Å². The van der Waals surface area contributed by atoms with Gasteiger partial charge in [0.2, 0.25) is 11.8 Å². The first-order valence-electron chi connectivity index (χ1n) is 15.8. The highest BCUT2D eigenvalue weighted by molar-refractivity contribution is 7.92. The Bertz CT molecular complexity index is 1650. The van der Waals surface area contributed by atoms with Gasteiger partial charge in [0.15, 0.2) is 0 Å². The molecule has 1 N–H and O–H groups in total. The van der Waals surface area contributed by atoms with E-state index in [2.05, 4.69) is 5.32 Å². The second-order valence-corrected chi connectivity index (χ2v) is 13.0. The Kier molecular flexibility index (Phi) is 12.4. The van der Waals surface area contributed by atoms with Crippen LogP contribution >= 0.6 is 0 Å². The number of amides is 2. The number of rotatable bonds is 16. The SMILES string of the molecule is CCCCNC(=O)[C@@H](CC)N(CCc1ccccc1)C(=O)CN(c1ccc(Oc2ccccc2)cc1)S(=O)(=O)c1ccc(C)cc1. The molecule has 0 unspecified atom stereocenters. The van der Waals surface area contributed by atoms with E-state index in [0.29, 0.717) is 36.6 Å². The van der Waals surface area contributed by atoms with Gasteiger partial charge in [0, 0.05) is 13.1 Å². The molecule has 4 aromatic carbocycles. The zero-order valence-corrected chi connectivity index (χ0v) is 27.6. The molecule has 0 saturated heterocycles. The summed E-state index contributed by atoms with van der Waals surface area (Å²) in [7, 11) is -4.16. The number of carbonyl (C=O) groups is 2. The number of nitrogens with one attached hydrogen (secondary N) is 1. The van der Waals surface area contributed by atoms with Crippen molar-refractivity contribution in [2.75, 3.05) is 23.9 Å². The third-order valence-corrected chi connectivity index (χ3v) is 9.48. The van der Waals surface area contributed by atoms with Crippen molar-refractivity contribution < 1.29 is 22.7 Å². The number of hydrogen-bond donors (Lipinski definition) is 1. The summed E-state index contributed by atoms with van der Waals surface area (Å²) in [6.07, 6.45) is 2.65. The topological polar surface area (TPSA) is 96.0 Å². The van der Waals surface area contributed by atoms with Crippen LogP contribution in [0.4, 0.5) is 5.69 Å². The van der Waals surface area contributed by atoms with Gasteiger partial charge in [-0.15, -0.1) is 0 Å². The van der Waals surface area contributed by atoms with Crippen LogP contribution < -0.4 is 14.4 Å². The first kappa shape index (κ1) is 34.2. The monoisotopic (exact) mass is 641 g/mol. The minimum atomic E-state index is -4.16. The molecule has 1 atom stereocenters. The minimum Gasteiger partial charge on any atom is -0.457 e. The molecule has 0 saturated carbocycles. The van der Waals surface area contributed by atoms with E-state index in [1.165, 1.54) is 17.0 Å². The van der Waals surface area contributed by atoms with Crippen LogP contribution in [0.5, 0.6) is 11.5 Å². The molecule has 9 heteroatoms. The quantitative estimate of drug-likeness (QED) is 0.137. The maximum absolute atomic E-state index is 14.2. The molecule has 0 radical (unpaired) electrons. The van der Waals surface area contributed by atoms with Crippen molar-refractivity contribution in [3.8, 4) is 11.5 Å². The average Bonchev–Trinajstić information content (AvgIpc) is 3.07. The van der Waals surface area contributed by atoms with Crippen molar-refractivity contribution in [2.45, 2.75) is 57.4 Å². The lowest BCUT2D eigenvalue weighted by atomic mass is 10.1. The molecule has 0 spiro atoms. The fourth-order valence-corrected chi connectivity index (χ4v) is 6.49. The van der Waals surface area contributed by atoms with Gasteiger partial charge < -0.3 is 15.0 Å². The first-order chi connectivity index (χ1) is 22.2. The van der Waals surface area contributed by atoms with Crippen molar-refractivity contribution in [3.63, 3.8) is 0 Å². The molecule has 0 aliphatic heterocycles. The summed E-state index contributed by atoms with van der Waals surface area (Å²) in [5, 5.41) is 2.96. The second-order valence-electron chi connectivity index (χ2n) is 11.1. The fourth-order valence-electron chi connectivity index (χ4n) is 5.07. The van der Waals surface area contributed by atoms with Gasteiger partial charge in [-0.1, -0.05) is 86.5 Å². The van der Waals surface area contributed by atoms with Crippen LogP contribution in [0.25, 0.3) is 0 Å². The third kappa shape index (κ3) is 9.20. The predicted molar refractivity (Wildman–Crippen MR) is 183 cm³/mol. The van der Waals surface area contributed by atoms with E-state index in [-0.39, 0.29) is 17.3 Å². The van der Waals surface area contributed by atoms with Crippen molar-refractivity contribution in [3.05, 3.63) is 120 Å². The van der Waals surface area contributed by atoms with Gasteiger partial charge in [0.05, 0.1) is 10.6 Å². The number of para-hydroxylation sites is 1. The second kappa shape index (κ2) is 16.6. The van der Waals surface area contributed by atoms with Gasteiger partial charge >= 0.3 is 0 Å². The largest absolute Gasteiger partial charge is 0.457 e. The summed E-state index contributed by atoms with van der Waals surface area (Å²) in [6, 6.07) is 31.4. The third-order valence-electron chi connectivity index (χ3n) is 7.69. The summed E-state index contributed by atoms with van der Waals surface area (Å²) >= 11 is 0. The lowest BCUT2D eigenvalue weighted by Crippen LogP contribution is -2.53. The maximum atomic E-state index is 14.2. The van der Waals surface area contributed by atoms with E-state index in [0.717, 1.165) is 28.3 Å². The molecule has 4 aromatic rings. The number of nitrogens with zero attached hydrogens (tertiary/aromatic N) is 2. The minimum absolute atomic E-state index is 0.0655. The van der Waals surface area contributed by atoms with E-state index < -0.39 is 28.5 Å². The molecule has 4 rings (SSSR count). The molecule has 0 aliphatic rings. The van der Waals surface area contributed by atoms with Crippen molar-refractivity contribution in [1.29, 1.82) is 0 Å². The van der Waals surface area contributed by atoms with Crippen LogP contribution in [0.3, 0.4) is 0 Å². The van der Waals surface area contributed by atoms with E-state index in [1.54, 1.807) is 36.4 Å². The van der Waals surface area contributed by atoms with Gasteiger partial charge in [-0.25, -0.2) is 8.42 Å². The van der Waals surface area contributed by atoms with Crippen molar-refractivity contribution in [2.24, 2.45) is 0 Å². The van der Waals surface area contributed by atoms with Crippen molar-refractivity contribution >= 4 is 27.5 Å². The maximum Gasteiger partial charge on any atom is 0.264 e. The lowest BCUT2D eigenvalue weighted by molar-refractivity contribution is -0.139. The predicted octanol–water partition coefficient (Wildman–Crippen LogP) is 6.75. The van der Waals surface area contributed by atoms with Gasteiger partial charge in [-0.05, 0) is 80.3 Å². The van der Waals surface area contributed by atoms with Gasteiger partial charge in [-0.3, -0.25) is 13.9 Å². The van der Waals surface area contributed by atoms with E-state index in [1.807, 2.05) is 81.4 Å². The number of unbranched alkanes of at least 4 members (excludes halogenated alkanes) is 1. The number of aryl methyl sites for hydroxylation is 1. The Labute approximate surface area is 273 Å². The molecular formula is C37H43N3O5S. The van der Waals surface area contributed by atoms with Crippen LogP contribution in [0, 0.1) is 6.92 Å².